The quantitative estimate of drug-likeness (QED) is 0.697. The Morgan fingerprint density at radius 1 is 0.889 bits per heavy atom. The molecule has 2 aromatic carbocycles. The fourth-order valence-corrected chi connectivity index (χ4v) is 2.40. The van der Waals surface area contributed by atoms with Crippen molar-refractivity contribution in [2.75, 3.05) is 7.05 Å². The Morgan fingerprint density at radius 3 is 2.17 bits per heavy atom. The summed E-state index contributed by atoms with van der Waals surface area (Å²) in [6.07, 6.45) is 0. The van der Waals surface area contributed by atoms with Crippen LogP contribution in [0.25, 0.3) is 0 Å². The molecule has 1 aliphatic heterocycles. The van der Waals surface area contributed by atoms with E-state index in [1.54, 1.807) is 4.58 Å². The smallest absolute Gasteiger partial charge is 0.214 e. The number of hydrogen-bond donors (Lipinski definition) is 0. The summed E-state index contributed by atoms with van der Waals surface area (Å²) in [5, 5.41) is 0. The second kappa shape index (κ2) is 3.91. The summed E-state index contributed by atoms with van der Waals surface area (Å²) in [5.74, 6) is 0.0705. The Kier molecular flexibility index (Phi) is 2.37. The molecule has 2 heteroatoms. The third kappa shape index (κ3) is 1.50. The molecule has 18 heavy (non-hydrogen) atoms. The van der Waals surface area contributed by atoms with Gasteiger partial charge in [-0.05, 0) is 31.2 Å². The van der Waals surface area contributed by atoms with Crippen molar-refractivity contribution < 1.29 is 9.37 Å². The van der Waals surface area contributed by atoms with E-state index in [0.717, 1.165) is 22.4 Å². The maximum absolute atomic E-state index is 12.2. The molecule has 0 aromatic heterocycles. The van der Waals surface area contributed by atoms with Gasteiger partial charge in [-0.3, -0.25) is 0 Å². The van der Waals surface area contributed by atoms with Gasteiger partial charge in [0.15, 0.2) is 0 Å². The van der Waals surface area contributed by atoms with Gasteiger partial charge in [0.05, 0.1) is 5.56 Å². The Morgan fingerprint density at radius 2 is 1.50 bits per heavy atom. The van der Waals surface area contributed by atoms with Crippen molar-refractivity contribution in [3.8, 4) is 0 Å². The predicted octanol–water partition coefficient (Wildman–Crippen LogP) is 2.63. The first-order valence-corrected chi connectivity index (χ1v) is 6.00. The monoisotopic (exact) mass is 236 g/mol. The number of aryl methyl sites for hydroxylation is 1. The van der Waals surface area contributed by atoms with Gasteiger partial charge in [-0.25, -0.2) is 4.79 Å². The lowest BCUT2D eigenvalue weighted by Gasteiger charge is -2.00. The lowest BCUT2D eigenvalue weighted by molar-refractivity contribution is -0.389. The highest BCUT2D eigenvalue weighted by atomic mass is 16.2. The molecule has 0 radical (unpaired) electrons. The fraction of sp³-hybridized carbons (Fsp3) is 0.125. The number of carbonyl (C=O) groups excluding carboxylic acids is 1. The second-order valence-corrected chi connectivity index (χ2v) is 4.62. The summed E-state index contributed by atoms with van der Waals surface area (Å²) in [7, 11) is 1.83. The lowest BCUT2D eigenvalue weighted by atomic mass is 9.99. The Hall–Kier alpha value is -2.22. The van der Waals surface area contributed by atoms with E-state index >= 15 is 0 Å². The molecule has 2 aromatic rings. The largest absolute Gasteiger partial charge is 0.420 e. The number of nitrogens with zero attached hydrogens (tertiary/aromatic N) is 1. The normalized spacial score (nSPS) is 14.0. The summed E-state index contributed by atoms with van der Waals surface area (Å²) < 4.78 is 1.73. The molecule has 1 aliphatic rings. The van der Waals surface area contributed by atoms with Crippen LogP contribution in [0.2, 0.25) is 0 Å². The highest BCUT2D eigenvalue weighted by Crippen LogP contribution is 2.22. The van der Waals surface area contributed by atoms with Gasteiger partial charge < -0.3 is 0 Å². The zero-order chi connectivity index (χ0) is 12.7. The number of carbonyl (C=O) groups is 1. The maximum Gasteiger partial charge on any atom is 0.420 e. The minimum Gasteiger partial charge on any atom is -0.214 e. The fourth-order valence-electron chi connectivity index (χ4n) is 2.40. The Labute approximate surface area is 106 Å². The van der Waals surface area contributed by atoms with Crippen molar-refractivity contribution in [1.29, 1.82) is 0 Å². The Bertz CT molecular complexity index is 666. The summed E-state index contributed by atoms with van der Waals surface area (Å²) in [5.41, 5.74) is 5.11. The summed E-state index contributed by atoms with van der Waals surface area (Å²) in [4.78, 5) is 12.2. The van der Waals surface area contributed by atoms with E-state index in [9.17, 15) is 4.79 Å². The van der Waals surface area contributed by atoms with Gasteiger partial charge in [0.25, 0.3) is 0 Å². The van der Waals surface area contributed by atoms with Crippen LogP contribution in [0.5, 0.6) is 0 Å². The first-order chi connectivity index (χ1) is 8.68. The van der Waals surface area contributed by atoms with Crippen LogP contribution >= 0.6 is 0 Å². The molecule has 0 saturated carbocycles. The highest BCUT2D eigenvalue weighted by Gasteiger charge is 2.35. The van der Waals surface area contributed by atoms with Crippen molar-refractivity contribution in [2.24, 2.45) is 0 Å². The lowest BCUT2D eigenvalue weighted by Crippen LogP contribution is -2.16. The van der Waals surface area contributed by atoms with Gasteiger partial charge in [-0.1, -0.05) is 29.8 Å². The van der Waals surface area contributed by atoms with Crippen LogP contribution in [0.3, 0.4) is 0 Å². The van der Waals surface area contributed by atoms with Gasteiger partial charge in [-0.15, -0.1) is 0 Å². The molecule has 0 unspecified atom stereocenters. The van der Waals surface area contributed by atoms with E-state index in [1.165, 1.54) is 5.56 Å². The van der Waals surface area contributed by atoms with Gasteiger partial charge >= 0.3 is 5.91 Å². The SMILES string of the molecule is Cc1ccc(C2=[N+](C)C(=O)c3ccccc32)cc1. The summed E-state index contributed by atoms with van der Waals surface area (Å²) in [6, 6.07) is 16.0. The van der Waals surface area contributed by atoms with Crippen LogP contribution in [0.15, 0.2) is 48.5 Å². The average molecular weight is 236 g/mol. The van der Waals surface area contributed by atoms with Crippen molar-refractivity contribution in [3.63, 3.8) is 0 Å². The third-order valence-corrected chi connectivity index (χ3v) is 3.38. The van der Waals surface area contributed by atoms with Crippen LogP contribution in [0.1, 0.15) is 27.0 Å². The van der Waals surface area contributed by atoms with Crippen molar-refractivity contribution in [2.45, 2.75) is 6.92 Å². The van der Waals surface area contributed by atoms with Gasteiger partial charge in [0.2, 0.25) is 5.71 Å². The molecule has 1 heterocycles. The molecule has 1 amide bonds. The van der Waals surface area contributed by atoms with E-state index < -0.39 is 0 Å². The molecular formula is C16H14NO+. The molecule has 2 nitrogen and oxygen atoms in total. The topological polar surface area (TPSA) is 20.1 Å². The average Bonchev–Trinajstić information content (AvgIpc) is 2.64. The molecule has 0 aliphatic carbocycles. The molecule has 0 fully saturated rings. The minimum atomic E-state index is 0.0705. The molecule has 88 valence electrons. The standard InChI is InChI=1S/C16H14NO/c1-11-7-9-12(10-8-11)15-13-5-3-4-6-14(13)16(18)17(15)2/h3-10H,1-2H3/q+1. The molecule has 0 spiro atoms. The third-order valence-electron chi connectivity index (χ3n) is 3.38. The summed E-state index contributed by atoms with van der Waals surface area (Å²) in [6.45, 7) is 2.06. The molecule has 0 saturated heterocycles. The van der Waals surface area contributed by atoms with E-state index in [4.69, 9.17) is 0 Å². The second-order valence-electron chi connectivity index (χ2n) is 4.62. The van der Waals surface area contributed by atoms with Crippen molar-refractivity contribution in [3.05, 3.63) is 70.8 Å². The van der Waals surface area contributed by atoms with E-state index in [0.29, 0.717) is 0 Å². The first kappa shape index (κ1) is 10.9. The van der Waals surface area contributed by atoms with Gasteiger partial charge in [-0.2, -0.15) is 4.58 Å². The summed E-state index contributed by atoms with van der Waals surface area (Å²) >= 11 is 0. The number of rotatable bonds is 1. The van der Waals surface area contributed by atoms with E-state index in [1.807, 2.05) is 31.3 Å². The molecule has 0 N–H and O–H groups in total. The Balaban J connectivity index is 2.23. The van der Waals surface area contributed by atoms with Crippen LogP contribution in [-0.4, -0.2) is 23.2 Å². The van der Waals surface area contributed by atoms with Gasteiger partial charge in [0.1, 0.15) is 12.6 Å². The predicted molar refractivity (Wildman–Crippen MR) is 71.3 cm³/mol. The number of benzene rings is 2. The molecule has 0 atom stereocenters. The van der Waals surface area contributed by atoms with E-state index in [-0.39, 0.29) is 5.91 Å². The van der Waals surface area contributed by atoms with Crippen molar-refractivity contribution >= 4 is 11.6 Å². The number of fused-ring (bicyclic) bond motifs is 1. The van der Waals surface area contributed by atoms with E-state index in [2.05, 4.69) is 31.2 Å². The molecular weight excluding hydrogens is 222 g/mol. The van der Waals surface area contributed by atoms with Crippen LogP contribution in [0, 0.1) is 6.92 Å². The number of amides is 1. The van der Waals surface area contributed by atoms with Gasteiger partial charge in [0, 0.05) is 5.56 Å². The highest BCUT2D eigenvalue weighted by molar-refractivity contribution is 6.20. The maximum atomic E-state index is 12.2. The van der Waals surface area contributed by atoms with Crippen LogP contribution in [0.4, 0.5) is 0 Å². The number of hydrogen-bond acceptors (Lipinski definition) is 1. The molecule has 0 bridgehead atoms. The molecule has 3 rings (SSSR count). The van der Waals surface area contributed by atoms with Crippen molar-refractivity contribution in [1.82, 2.24) is 0 Å². The minimum absolute atomic E-state index is 0.0705. The zero-order valence-corrected chi connectivity index (χ0v) is 10.5. The van der Waals surface area contributed by atoms with Crippen LogP contribution in [-0.2, 0) is 0 Å². The first-order valence-electron chi connectivity index (χ1n) is 6.00. The zero-order valence-electron chi connectivity index (χ0n) is 10.5. The van der Waals surface area contributed by atoms with Crippen LogP contribution < -0.4 is 0 Å².